The van der Waals surface area contributed by atoms with Gasteiger partial charge in [-0.25, -0.2) is 0 Å². The molecule has 4 unspecified atom stereocenters. The number of Topliss-reactive ketones (excluding diaryl/α,β-unsaturated/α-hetero) is 1. The molecule has 0 bridgehead atoms. The molecular weight excluding hydrogens is 1320 g/mol. The molecule has 5 fully saturated rings. The highest BCUT2D eigenvalue weighted by Gasteiger charge is 2.59. The summed E-state index contributed by atoms with van der Waals surface area (Å²) in [6.45, 7) is 69.2. The summed E-state index contributed by atoms with van der Waals surface area (Å²) in [5, 5.41) is -0.270. The zero-order valence-corrected chi connectivity index (χ0v) is 68.5. The summed E-state index contributed by atoms with van der Waals surface area (Å²) in [4.78, 5) is 26.6. The predicted molar refractivity (Wildman–Crippen MR) is 386 cm³/mol. The van der Waals surface area contributed by atoms with Crippen molar-refractivity contribution in [3.8, 4) is 0 Å². The molecule has 5 saturated heterocycles. The lowest BCUT2D eigenvalue weighted by molar-refractivity contribution is -0.266. The van der Waals surface area contributed by atoms with Gasteiger partial charge in [0.25, 0.3) is 0 Å². The van der Waals surface area contributed by atoms with Gasteiger partial charge in [0.2, 0.25) is 0 Å². The van der Waals surface area contributed by atoms with Crippen LogP contribution in [0.5, 0.6) is 0 Å². The first-order chi connectivity index (χ1) is 40.5. The van der Waals surface area contributed by atoms with Crippen molar-refractivity contribution in [1.82, 2.24) is 0 Å². The zero-order chi connectivity index (χ0) is 67.6. The largest absolute Gasteiger partial charge is 0.414 e. The average Bonchev–Trinajstić information content (AvgIpc) is 1.32. The molecule has 5 aliphatic rings. The monoisotopic (exact) mass is 1450 g/mol. The lowest BCUT2D eigenvalue weighted by Gasteiger charge is -2.56. The highest BCUT2D eigenvalue weighted by Crippen LogP contribution is 2.50. The fourth-order valence-corrected chi connectivity index (χ4v) is 18.8. The first-order valence-corrected chi connectivity index (χ1v) is 50.0. The van der Waals surface area contributed by atoms with Crippen molar-refractivity contribution in [2.45, 2.75) is 370 Å². The molecular formula is C70H131IO13Si5. The SMILES string of the molecule is C=C1C[C@H](CCC=O)OC1CC[C@H]1C[C@@H](C)C(=C)C(C[C@@H]2O[C@H](C[C@@H](CO[Si](C)(C)C(C)(C)C)O[Si](C)(C)C(C)(C)C)[C@H](OC)[C@H]2CC(=O)CC2CC[C@@H]3O[C@@H]([C@H](/C=C/I)O[Si](C)(C)C(C)(C)C)[C@@H](O[Si](C)(C)C(C)(C)C)[C@@H](O[Si](C)(C)C(C)(C)C)C3O2)O1. The standard InChI is InChI=1S/C70H131IO13Si5/c1-46-39-51(32-34-55-47(2)40-50(76-55)31-30-38-72)77-58(48(46)3)44-59-54(61(74-19)60(79-59)43-53(81-86(22,23)67(7,8)9)45-75-85(20,21)66(4,5)6)42-49(73)41-52-33-35-56-62(78-52)64(83-88(26,27)69(13,14)15)65(84-89(28,29)70(16,17)18)63(80-56)57(36-37-71)82-87(24,25)68(10,11)12/h36-38,46,50-65H,2-3,30-35,39-45H2,1,4-29H3/b37-36+/t46-,50+,51+,52?,53+,54+,55?,56+,57+,58?,59+,60-,61-,62?,63+,64+,65-/m1/s1. The number of ether oxygens (including phenoxy) is 6. The third kappa shape index (κ3) is 20.5. The smallest absolute Gasteiger partial charge is 0.193 e. The number of halogens is 1. The van der Waals surface area contributed by atoms with Gasteiger partial charge in [0.15, 0.2) is 41.6 Å². The molecule has 0 amide bonds. The molecule has 0 radical (unpaired) electrons. The minimum absolute atomic E-state index is 0.0158. The summed E-state index contributed by atoms with van der Waals surface area (Å²) in [5.74, 6) is 0.0514. The van der Waals surface area contributed by atoms with Crippen LogP contribution in [0.15, 0.2) is 34.5 Å². The topological polar surface area (TPSA) is 136 Å². The highest BCUT2D eigenvalue weighted by atomic mass is 127. The van der Waals surface area contributed by atoms with Gasteiger partial charge in [0.1, 0.15) is 36.5 Å². The van der Waals surface area contributed by atoms with Gasteiger partial charge in [-0.1, -0.05) is 147 Å². The molecule has 0 aromatic carbocycles. The molecule has 89 heavy (non-hydrogen) atoms. The Balaban J connectivity index is 1.51. The van der Waals surface area contributed by atoms with E-state index in [-0.39, 0.29) is 117 Å². The number of methoxy groups -OCH3 is 1. The van der Waals surface area contributed by atoms with Crippen LogP contribution in [0.25, 0.3) is 0 Å². The van der Waals surface area contributed by atoms with E-state index in [0.717, 1.165) is 49.5 Å². The molecule has 19 heteroatoms. The fourth-order valence-electron chi connectivity index (χ4n) is 12.2. The van der Waals surface area contributed by atoms with E-state index in [1.54, 1.807) is 7.11 Å². The molecule has 0 saturated carbocycles. The number of rotatable bonds is 28. The fraction of sp³-hybridized carbons (Fsp3) is 0.886. The maximum absolute atomic E-state index is 15.4. The normalized spacial score (nSPS) is 31.8. The second kappa shape index (κ2) is 30.8. The minimum Gasteiger partial charge on any atom is -0.414 e. The summed E-state index contributed by atoms with van der Waals surface area (Å²) in [7, 11) is -10.0. The third-order valence-corrected chi connectivity index (χ3v) is 46.1. The van der Waals surface area contributed by atoms with Crippen molar-refractivity contribution in [3.05, 3.63) is 34.5 Å². The van der Waals surface area contributed by atoms with E-state index in [9.17, 15) is 4.79 Å². The number of carbonyl (C=O) groups is 2. The molecule has 0 aromatic heterocycles. The summed E-state index contributed by atoms with van der Waals surface area (Å²) < 4.78 is 81.7. The average molecular weight is 1450 g/mol. The molecule has 0 aromatic rings. The van der Waals surface area contributed by atoms with E-state index in [1.165, 1.54) is 0 Å². The van der Waals surface area contributed by atoms with Gasteiger partial charge in [-0.15, -0.1) is 0 Å². The maximum Gasteiger partial charge on any atom is 0.193 e. The Hall–Kier alpha value is -0.0656. The Bertz CT molecular complexity index is 2360. The lowest BCUT2D eigenvalue weighted by atomic mass is 9.81. The predicted octanol–water partition coefficient (Wildman–Crippen LogP) is 18.2. The van der Waals surface area contributed by atoms with Gasteiger partial charge in [0.05, 0.1) is 73.8 Å². The van der Waals surface area contributed by atoms with Gasteiger partial charge in [-0.05, 0) is 163 Å². The van der Waals surface area contributed by atoms with Crippen LogP contribution in [0.3, 0.4) is 0 Å². The van der Waals surface area contributed by atoms with E-state index in [1.807, 2.05) is 0 Å². The van der Waals surface area contributed by atoms with Crippen LogP contribution in [-0.2, 0) is 60.1 Å². The number of aldehydes is 1. The Morgan fingerprint density at radius 2 is 1.18 bits per heavy atom. The van der Waals surface area contributed by atoms with Crippen LogP contribution in [0, 0.1) is 11.8 Å². The molecule has 516 valence electrons. The van der Waals surface area contributed by atoms with Crippen molar-refractivity contribution in [1.29, 1.82) is 0 Å². The second-order valence-electron chi connectivity index (χ2n) is 35.2. The summed E-state index contributed by atoms with van der Waals surface area (Å²) in [5.41, 5.74) is 2.15. The number of carbonyl (C=O) groups excluding carboxylic acids is 2. The first-order valence-electron chi connectivity index (χ1n) is 34.2. The van der Waals surface area contributed by atoms with Gasteiger partial charge in [-0.2, -0.15) is 0 Å². The van der Waals surface area contributed by atoms with Gasteiger partial charge < -0.3 is 55.3 Å². The van der Waals surface area contributed by atoms with Crippen molar-refractivity contribution in [3.63, 3.8) is 0 Å². The summed E-state index contributed by atoms with van der Waals surface area (Å²) in [6.07, 6.45) is 5.88. The lowest BCUT2D eigenvalue weighted by Crippen LogP contribution is -2.69. The third-order valence-electron chi connectivity index (χ3n) is 23.2. The van der Waals surface area contributed by atoms with E-state index < -0.39 is 72.1 Å². The Kier molecular flexibility index (Phi) is 27.5. The van der Waals surface area contributed by atoms with Crippen LogP contribution in [0.2, 0.25) is 90.7 Å². The molecule has 5 heterocycles. The Morgan fingerprint density at radius 3 is 1.72 bits per heavy atom. The van der Waals surface area contributed by atoms with Gasteiger partial charge in [-0.3, -0.25) is 4.79 Å². The van der Waals surface area contributed by atoms with E-state index >= 15 is 4.79 Å². The molecule has 0 N–H and O–H groups in total. The highest BCUT2D eigenvalue weighted by molar-refractivity contribution is 14.1. The summed E-state index contributed by atoms with van der Waals surface area (Å²) >= 11 is 2.32. The maximum atomic E-state index is 15.4. The van der Waals surface area contributed by atoms with Crippen molar-refractivity contribution >= 4 is 76.2 Å². The molecule has 5 aliphatic heterocycles. The molecule has 0 spiro atoms. The van der Waals surface area contributed by atoms with Crippen LogP contribution < -0.4 is 0 Å². The van der Waals surface area contributed by atoms with E-state index in [0.29, 0.717) is 38.7 Å². The van der Waals surface area contributed by atoms with Gasteiger partial charge in [0, 0.05) is 45.1 Å². The van der Waals surface area contributed by atoms with Crippen molar-refractivity contribution < 1.29 is 60.1 Å². The summed E-state index contributed by atoms with van der Waals surface area (Å²) in [6, 6.07) is 0. The number of hydrogen-bond donors (Lipinski definition) is 0. The Morgan fingerprint density at radius 1 is 0.629 bits per heavy atom. The molecule has 0 aliphatic carbocycles. The number of hydrogen-bond acceptors (Lipinski definition) is 13. The molecule has 17 atom stereocenters. The van der Waals surface area contributed by atoms with Crippen LogP contribution >= 0.6 is 22.6 Å². The molecule has 13 nitrogen and oxygen atoms in total. The van der Waals surface area contributed by atoms with Crippen LogP contribution in [-0.4, -0.2) is 159 Å². The zero-order valence-electron chi connectivity index (χ0n) is 61.3. The first kappa shape index (κ1) is 79.6. The number of ketones is 1. The van der Waals surface area contributed by atoms with Crippen molar-refractivity contribution in [2.75, 3.05) is 13.7 Å². The van der Waals surface area contributed by atoms with Crippen LogP contribution in [0.1, 0.15) is 188 Å². The minimum atomic E-state index is -2.50. The van der Waals surface area contributed by atoms with Gasteiger partial charge >= 0.3 is 0 Å². The second-order valence-corrected chi connectivity index (χ2v) is 59.8. The quantitative estimate of drug-likeness (QED) is 0.0318. The van der Waals surface area contributed by atoms with E-state index in [4.69, 9.17) is 50.6 Å². The Labute approximate surface area is 562 Å². The molecule has 5 rings (SSSR count). The van der Waals surface area contributed by atoms with Crippen molar-refractivity contribution in [2.24, 2.45) is 11.8 Å². The van der Waals surface area contributed by atoms with Crippen LogP contribution in [0.4, 0.5) is 0 Å². The van der Waals surface area contributed by atoms with E-state index in [2.05, 4.69) is 222 Å². The number of fused-ring (bicyclic) bond motifs is 1.